The van der Waals surface area contributed by atoms with Crippen LogP contribution in [-0.2, 0) is 0 Å². The number of hydrogen-bond donors (Lipinski definition) is 0. The van der Waals surface area contributed by atoms with E-state index in [9.17, 15) is 0 Å². The van der Waals surface area contributed by atoms with Gasteiger partial charge in [0, 0.05) is 38.2 Å². The third-order valence-corrected chi connectivity index (χ3v) is 12.4. The first-order valence-electron chi connectivity index (χ1n) is 20.5. The lowest BCUT2D eigenvalue weighted by Gasteiger charge is -2.15. The minimum absolute atomic E-state index is 0.804. The lowest BCUT2D eigenvalue weighted by molar-refractivity contribution is 1.08. The van der Waals surface area contributed by atoms with Crippen molar-refractivity contribution in [1.29, 1.82) is 0 Å². The van der Waals surface area contributed by atoms with Crippen molar-refractivity contribution in [2.45, 2.75) is 0 Å². The molecule has 0 aliphatic heterocycles. The number of fused-ring (bicyclic) bond motifs is 12. The Morgan fingerprint density at radius 3 is 1.78 bits per heavy atom. The van der Waals surface area contributed by atoms with Gasteiger partial charge < -0.3 is 4.57 Å². The van der Waals surface area contributed by atoms with Crippen molar-refractivity contribution in [3.8, 4) is 33.9 Å². The lowest BCUT2D eigenvalue weighted by atomic mass is 9.95. The first-order chi connectivity index (χ1) is 29.8. The summed E-state index contributed by atoms with van der Waals surface area (Å²) in [4.78, 5) is 11.0. The van der Waals surface area contributed by atoms with Crippen molar-refractivity contribution in [1.82, 2.24) is 19.1 Å². The van der Waals surface area contributed by atoms with E-state index in [1.807, 2.05) is 12.1 Å². The zero-order valence-corrected chi connectivity index (χ0v) is 32.4. The SMILES string of the molecule is c1ccc(-c2cc3c4cc5c6c7ccccc7ccc6n(-c6nc7ccccc7nc6-c6ccc7ccccc7c6)c5cc4n(-c4ccccc4)c3c3ccccc23)cc1. The average Bonchev–Trinajstić information content (AvgIpc) is 3.82. The smallest absolute Gasteiger partial charge is 0.165 e. The highest BCUT2D eigenvalue weighted by molar-refractivity contribution is 6.28. The van der Waals surface area contributed by atoms with E-state index in [1.54, 1.807) is 0 Å². The van der Waals surface area contributed by atoms with Gasteiger partial charge in [0.25, 0.3) is 0 Å². The van der Waals surface area contributed by atoms with Crippen LogP contribution < -0.4 is 0 Å². The van der Waals surface area contributed by atoms with Crippen molar-refractivity contribution in [2.75, 3.05) is 0 Å². The first-order valence-corrected chi connectivity index (χ1v) is 20.5. The van der Waals surface area contributed by atoms with Gasteiger partial charge in [-0.15, -0.1) is 0 Å². The topological polar surface area (TPSA) is 35.6 Å². The van der Waals surface area contributed by atoms with Crippen molar-refractivity contribution in [2.24, 2.45) is 0 Å². The Morgan fingerprint density at radius 1 is 0.333 bits per heavy atom. The van der Waals surface area contributed by atoms with Crippen molar-refractivity contribution in [3.63, 3.8) is 0 Å². The minimum Gasteiger partial charge on any atom is -0.309 e. The van der Waals surface area contributed by atoms with Gasteiger partial charge in [0.05, 0.1) is 33.1 Å². The number of nitrogens with zero attached hydrogens (tertiary/aromatic N) is 4. The summed E-state index contributed by atoms with van der Waals surface area (Å²) in [5, 5.41) is 12.0. The fourth-order valence-corrected chi connectivity index (χ4v) is 9.76. The van der Waals surface area contributed by atoms with Crippen LogP contribution in [0.1, 0.15) is 0 Å². The number of hydrogen-bond acceptors (Lipinski definition) is 2. The lowest BCUT2D eigenvalue weighted by Crippen LogP contribution is -2.04. The highest BCUT2D eigenvalue weighted by atomic mass is 15.1. The maximum absolute atomic E-state index is 5.54. The van der Waals surface area contributed by atoms with Gasteiger partial charge in [-0.1, -0.05) is 152 Å². The van der Waals surface area contributed by atoms with Crippen LogP contribution in [0.5, 0.6) is 0 Å². The molecule has 0 unspecified atom stereocenters. The third kappa shape index (κ3) is 4.79. The normalized spacial score (nSPS) is 12.0. The molecule has 4 heteroatoms. The molecule has 0 saturated carbocycles. The van der Waals surface area contributed by atoms with Crippen LogP contribution >= 0.6 is 0 Å². The van der Waals surface area contributed by atoms with E-state index >= 15 is 0 Å². The average molecular weight is 763 g/mol. The standard InChI is InChI=1S/C56H34N4/c1-3-16-36(17-4-1)44-32-46-45-33-47-52(34-51(45)59(40-20-5-2-6-21-40)55(46)43-24-12-11-23-42(43)44)60(50-30-29-37-18-9-10-22-41(37)53(47)50)56-54(57-48-25-13-14-26-49(48)58-56)39-28-27-35-15-7-8-19-38(35)31-39/h1-34H. The summed E-state index contributed by atoms with van der Waals surface area (Å²) in [6.45, 7) is 0. The van der Waals surface area contributed by atoms with E-state index in [-0.39, 0.29) is 0 Å². The summed E-state index contributed by atoms with van der Waals surface area (Å²) in [6, 6.07) is 74.4. The van der Waals surface area contributed by atoms with E-state index in [1.165, 1.54) is 70.5 Å². The predicted molar refractivity (Wildman–Crippen MR) is 252 cm³/mol. The van der Waals surface area contributed by atoms with E-state index in [2.05, 4.69) is 203 Å². The van der Waals surface area contributed by atoms with Crippen molar-refractivity contribution < 1.29 is 0 Å². The van der Waals surface area contributed by atoms with Gasteiger partial charge in [0.2, 0.25) is 0 Å². The molecule has 0 N–H and O–H groups in total. The Labute approximate surface area is 344 Å². The molecule has 3 heterocycles. The molecule has 0 bridgehead atoms. The molecule has 0 aliphatic rings. The van der Waals surface area contributed by atoms with Gasteiger partial charge in [0.15, 0.2) is 5.82 Å². The van der Waals surface area contributed by atoms with Gasteiger partial charge in [-0.2, -0.15) is 0 Å². The number of para-hydroxylation sites is 3. The van der Waals surface area contributed by atoms with Gasteiger partial charge in [0.1, 0.15) is 5.69 Å². The molecule has 13 aromatic rings. The maximum atomic E-state index is 5.54. The van der Waals surface area contributed by atoms with Gasteiger partial charge in [-0.25, -0.2) is 9.97 Å². The number of benzene rings is 10. The van der Waals surface area contributed by atoms with Crippen LogP contribution in [0.4, 0.5) is 0 Å². The summed E-state index contributed by atoms with van der Waals surface area (Å²) in [7, 11) is 0. The molecule has 10 aromatic carbocycles. The largest absolute Gasteiger partial charge is 0.309 e. The summed E-state index contributed by atoms with van der Waals surface area (Å²) < 4.78 is 4.85. The molecule has 0 saturated heterocycles. The summed E-state index contributed by atoms with van der Waals surface area (Å²) in [5.74, 6) is 0.804. The van der Waals surface area contributed by atoms with Crippen LogP contribution in [-0.4, -0.2) is 19.1 Å². The second kappa shape index (κ2) is 12.7. The Bertz CT molecular complexity index is 3880. The Kier molecular flexibility index (Phi) is 6.98. The molecule has 0 spiro atoms. The molecule has 4 nitrogen and oxygen atoms in total. The van der Waals surface area contributed by atoms with Crippen LogP contribution in [0.15, 0.2) is 206 Å². The summed E-state index contributed by atoms with van der Waals surface area (Å²) in [5.41, 5.74) is 11.6. The second-order valence-corrected chi connectivity index (χ2v) is 15.8. The van der Waals surface area contributed by atoms with Gasteiger partial charge in [-0.05, 0) is 92.7 Å². The minimum atomic E-state index is 0.804. The van der Waals surface area contributed by atoms with Crippen molar-refractivity contribution in [3.05, 3.63) is 206 Å². The third-order valence-electron chi connectivity index (χ3n) is 12.4. The van der Waals surface area contributed by atoms with Crippen molar-refractivity contribution >= 4 is 87.0 Å². The van der Waals surface area contributed by atoms with Gasteiger partial charge >= 0.3 is 0 Å². The van der Waals surface area contributed by atoms with Crippen LogP contribution in [0.3, 0.4) is 0 Å². The van der Waals surface area contributed by atoms with Crippen LogP contribution in [0.2, 0.25) is 0 Å². The zero-order valence-electron chi connectivity index (χ0n) is 32.4. The molecule has 0 fully saturated rings. The molecule has 278 valence electrons. The second-order valence-electron chi connectivity index (χ2n) is 15.8. The zero-order chi connectivity index (χ0) is 39.3. The summed E-state index contributed by atoms with van der Waals surface area (Å²) in [6.07, 6.45) is 0. The maximum Gasteiger partial charge on any atom is 0.165 e. The predicted octanol–water partition coefficient (Wildman–Crippen LogP) is 14.6. The molecular weight excluding hydrogens is 729 g/mol. The fourth-order valence-electron chi connectivity index (χ4n) is 9.76. The molecule has 13 rings (SSSR count). The van der Waals surface area contributed by atoms with E-state index < -0.39 is 0 Å². The highest BCUT2D eigenvalue weighted by Crippen LogP contribution is 2.46. The number of aromatic nitrogens is 4. The molecule has 0 aliphatic carbocycles. The fraction of sp³-hybridized carbons (Fsp3) is 0. The molecular formula is C56H34N4. The van der Waals surface area contributed by atoms with Gasteiger partial charge in [-0.3, -0.25) is 4.57 Å². The number of rotatable bonds is 4. The van der Waals surface area contributed by atoms with Crippen LogP contribution in [0.25, 0.3) is 121 Å². The van der Waals surface area contributed by atoms with E-state index in [0.29, 0.717) is 0 Å². The Hall–Kier alpha value is -8.08. The van der Waals surface area contributed by atoms with Crippen LogP contribution in [0, 0.1) is 0 Å². The molecule has 0 atom stereocenters. The molecule has 3 aromatic heterocycles. The highest BCUT2D eigenvalue weighted by Gasteiger charge is 2.24. The molecule has 0 amide bonds. The molecule has 60 heavy (non-hydrogen) atoms. The monoisotopic (exact) mass is 762 g/mol. The quantitative estimate of drug-likeness (QED) is 0.179. The Balaban J connectivity index is 1.23. The molecule has 0 radical (unpaired) electrons. The summed E-state index contributed by atoms with van der Waals surface area (Å²) >= 11 is 0. The van der Waals surface area contributed by atoms with E-state index in [0.717, 1.165) is 50.3 Å². The first kappa shape index (κ1) is 32.9. The Morgan fingerprint density at radius 2 is 0.967 bits per heavy atom. The van der Waals surface area contributed by atoms with E-state index in [4.69, 9.17) is 9.97 Å².